The maximum atomic E-state index is 11.6. The van der Waals surface area contributed by atoms with Gasteiger partial charge in [-0.1, -0.05) is 18.2 Å². The lowest BCUT2D eigenvalue weighted by Gasteiger charge is -2.18. The Morgan fingerprint density at radius 3 is 2.48 bits per heavy atom. The molecule has 1 heterocycles. The van der Waals surface area contributed by atoms with Crippen LogP contribution in [0.2, 0.25) is 0 Å². The van der Waals surface area contributed by atoms with E-state index in [9.17, 15) is 14.9 Å². The standard InChI is InChI=1S/C17H19N3O5/c1-10-11(2)18-17(25-14-8-6-5-7-9-14)16(20(22)23)15(10)19-12(3)24-13(4)21/h5-9,12H,1-4H3,(H,18,19). The average Bonchev–Trinajstić information content (AvgIpc) is 2.52. The summed E-state index contributed by atoms with van der Waals surface area (Å²) < 4.78 is 10.6. The number of pyridine rings is 1. The topological polar surface area (TPSA) is 104 Å². The quantitative estimate of drug-likeness (QED) is 0.368. The lowest BCUT2D eigenvalue weighted by Crippen LogP contribution is -2.23. The Balaban J connectivity index is 2.49. The zero-order valence-corrected chi connectivity index (χ0v) is 14.4. The van der Waals surface area contributed by atoms with Gasteiger partial charge in [-0.3, -0.25) is 14.9 Å². The van der Waals surface area contributed by atoms with E-state index in [4.69, 9.17) is 9.47 Å². The number of para-hydroxylation sites is 1. The Morgan fingerprint density at radius 1 is 1.28 bits per heavy atom. The predicted molar refractivity (Wildman–Crippen MR) is 91.7 cm³/mol. The van der Waals surface area contributed by atoms with Gasteiger partial charge in [0, 0.05) is 18.2 Å². The Labute approximate surface area is 144 Å². The van der Waals surface area contributed by atoms with E-state index in [0.717, 1.165) is 0 Å². The molecular weight excluding hydrogens is 326 g/mol. The fraction of sp³-hybridized carbons (Fsp3) is 0.294. The fourth-order valence-electron chi connectivity index (χ4n) is 2.25. The van der Waals surface area contributed by atoms with E-state index in [1.807, 2.05) is 6.07 Å². The van der Waals surface area contributed by atoms with Gasteiger partial charge in [0.2, 0.25) is 0 Å². The molecule has 0 saturated carbocycles. The van der Waals surface area contributed by atoms with Crippen molar-refractivity contribution in [1.29, 1.82) is 0 Å². The van der Waals surface area contributed by atoms with Crippen LogP contribution in [0.5, 0.6) is 11.6 Å². The molecule has 1 atom stereocenters. The van der Waals surface area contributed by atoms with Gasteiger partial charge >= 0.3 is 17.5 Å². The Morgan fingerprint density at radius 2 is 1.92 bits per heavy atom. The molecule has 0 spiro atoms. The normalized spacial score (nSPS) is 11.5. The summed E-state index contributed by atoms with van der Waals surface area (Å²) >= 11 is 0. The van der Waals surface area contributed by atoms with Crippen molar-refractivity contribution in [2.45, 2.75) is 33.9 Å². The second-order valence-corrected chi connectivity index (χ2v) is 5.42. The number of rotatable bonds is 6. The van der Waals surface area contributed by atoms with Crippen LogP contribution in [0.1, 0.15) is 25.1 Å². The molecule has 0 amide bonds. The van der Waals surface area contributed by atoms with Crippen molar-refractivity contribution in [2.24, 2.45) is 0 Å². The van der Waals surface area contributed by atoms with Crippen LogP contribution in [0.25, 0.3) is 0 Å². The third-order valence-electron chi connectivity index (χ3n) is 3.46. The van der Waals surface area contributed by atoms with Gasteiger partial charge in [-0.25, -0.2) is 4.98 Å². The van der Waals surface area contributed by atoms with Gasteiger partial charge in [0.05, 0.1) is 4.92 Å². The second-order valence-electron chi connectivity index (χ2n) is 5.42. The first-order valence-electron chi connectivity index (χ1n) is 7.61. The van der Waals surface area contributed by atoms with Crippen molar-refractivity contribution >= 4 is 17.3 Å². The van der Waals surface area contributed by atoms with Crippen molar-refractivity contribution in [2.75, 3.05) is 5.32 Å². The number of carbonyl (C=O) groups is 1. The molecule has 132 valence electrons. The molecule has 1 unspecified atom stereocenters. The highest BCUT2D eigenvalue weighted by atomic mass is 16.6. The maximum Gasteiger partial charge on any atom is 0.354 e. The van der Waals surface area contributed by atoms with E-state index in [0.29, 0.717) is 17.0 Å². The number of hydrogen-bond acceptors (Lipinski definition) is 7. The monoisotopic (exact) mass is 345 g/mol. The summed E-state index contributed by atoms with van der Waals surface area (Å²) in [5.41, 5.74) is 1.03. The van der Waals surface area contributed by atoms with Crippen LogP contribution in [-0.2, 0) is 9.53 Å². The van der Waals surface area contributed by atoms with Gasteiger partial charge in [-0.05, 0) is 32.9 Å². The van der Waals surface area contributed by atoms with Crippen molar-refractivity contribution < 1.29 is 19.2 Å². The van der Waals surface area contributed by atoms with E-state index in [1.165, 1.54) is 6.92 Å². The smallest absolute Gasteiger partial charge is 0.354 e. The van der Waals surface area contributed by atoms with Gasteiger partial charge in [-0.15, -0.1) is 0 Å². The van der Waals surface area contributed by atoms with Crippen molar-refractivity contribution in [3.8, 4) is 11.6 Å². The van der Waals surface area contributed by atoms with E-state index >= 15 is 0 Å². The van der Waals surface area contributed by atoms with Crippen LogP contribution in [0, 0.1) is 24.0 Å². The van der Waals surface area contributed by atoms with E-state index in [1.54, 1.807) is 45.0 Å². The second kappa shape index (κ2) is 7.61. The third-order valence-corrected chi connectivity index (χ3v) is 3.46. The molecule has 0 fully saturated rings. The zero-order valence-electron chi connectivity index (χ0n) is 14.4. The van der Waals surface area contributed by atoms with Crippen molar-refractivity contribution in [3.63, 3.8) is 0 Å². The molecule has 0 saturated heterocycles. The van der Waals surface area contributed by atoms with Crippen molar-refractivity contribution in [1.82, 2.24) is 4.98 Å². The molecule has 2 aromatic rings. The molecule has 1 N–H and O–H groups in total. The number of nitro groups is 1. The first-order valence-corrected chi connectivity index (χ1v) is 7.61. The first-order chi connectivity index (χ1) is 11.8. The van der Waals surface area contributed by atoms with Gasteiger partial charge in [0.1, 0.15) is 11.4 Å². The van der Waals surface area contributed by atoms with E-state index < -0.39 is 17.1 Å². The van der Waals surface area contributed by atoms with Crippen LogP contribution in [0.15, 0.2) is 30.3 Å². The highest BCUT2D eigenvalue weighted by molar-refractivity contribution is 5.72. The summed E-state index contributed by atoms with van der Waals surface area (Å²) in [5, 5.41) is 14.5. The number of aromatic nitrogens is 1. The zero-order chi connectivity index (χ0) is 18.6. The van der Waals surface area contributed by atoms with Gasteiger partial charge in [0.15, 0.2) is 6.23 Å². The molecule has 1 aromatic carbocycles. The summed E-state index contributed by atoms with van der Waals surface area (Å²) in [4.78, 5) is 26.4. The molecule has 0 aliphatic carbocycles. The average molecular weight is 345 g/mol. The molecule has 25 heavy (non-hydrogen) atoms. The minimum absolute atomic E-state index is 0.128. The number of benzene rings is 1. The molecule has 1 aromatic heterocycles. The SMILES string of the molecule is CC(=O)OC(C)Nc1c(C)c(C)nc(Oc2ccccc2)c1[N+](=O)[O-]. The van der Waals surface area contributed by atoms with E-state index in [2.05, 4.69) is 10.3 Å². The number of esters is 1. The van der Waals surface area contributed by atoms with Crippen LogP contribution in [0.3, 0.4) is 0 Å². The van der Waals surface area contributed by atoms with Crippen LogP contribution < -0.4 is 10.1 Å². The van der Waals surface area contributed by atoms with Crippen LogP contribution in [0.4, 0.5) is 11.4 Å². The summed E-state index contributed by atoms with van der Waals surface area (Å²) in [5.74, 6) is -0.191. The number of nitrogens with one attached hydrogen (secondary N) is 1. The number of aryl methyl sites for hydroxylation is 1. The summed E-state index contributed by atoms with van der Waals surface area (Å²) in [6.45, 7) is 6.27. The lowest BCUT2D eigenvalue weighted by atomic mass is 10.1. The number of carbonyl (C=O) groups excluding carboxylic acids is 1. The van der Waals surface area contributed by atoms with Gasteiger partial charge in [-0.2, -0.15) is 0 Å². The number of anilines is 1. The van der Waals surface area contributed by atoms with Gasteiger partial charge in [0.25, 0.3) is 0 Å². The Hall–Kier alpha value is -3.16. The highest BCUT2D eigenvalue weighted by Crippen LogP contribution is 2.39. The lowest BCUT2D eigenvalue weighted by molar-refractivity contribution is -0.385. The van der Waals surface area contributed by atoms with E-state index in [-0.39, 0.29) is 17.3 Å². The van der Waals surface area contributed by atoms with Gasteiger partial charge < -0.3 is 14.8 Å². The summed E-state index contributed by atoms with van der Waals surface area (Å²) in [7, 11) is 0. The highest BCUT2D eigenvalue weighted by Gasteiger charge is 2.28. The van der Waals surface area contributed by atoms with Crippen molar-refractivity contribution in [3.05, 3.63) is 51.7 Å². The van der Waals surface area contributed by atoms with Crippen LogP contribution >= 0.6 is 0 Å². The molecule has 8 nitrogen and oxygen atoms in total. The maximum absolute atomic E-state index is 11.6. The molecule has 0 aliphatic rings. The fourth-order valence-corrected chi connectivity index (χ4v) is 2.25. The predicted octanol–water partition coefficient (Wildman–Crippen LogP) is 3.72. The third kappa shape index (κ3) is 4.43. The number of hydrogen-bond donors (Lipinski definition) is 1. The number of nitrogens with zero attached hydrogens (tertiary/aromatic N) is 2. The summed E-state index contributed by atoms with van der Waals surface area (Å²) in [6, 6.07) is 8.67. The Bertz CT molecular complexity index is 793. The molecule has 2 rings (SSSR count). The Kier molecular flexibility index (Phi) is 5.53. The minimum Gasteiger partial charge on any atom is -0.442 e. The summed E-state index contributed by atoms with van der Waals surface area (Å²) in [6.07, 6.45) is -0.749. The molecule has 0 aliphatic heterocycles. The molecule has 0 bridgehead atoms. The first kappa shape index (κ1) is 18.2. The molecule has 0 radical (unpaired) electrons. The molecular formula is C17H19N3O5. The van der Waals surface area contributed by atoms with Crippen LogP contribution in [-0.4, -0.2) is 22.1 Å². The minimum atomic E-state index is -0.749. The largest absolute Gasteiger partial charge is 0.442 e. The number of ether oxygens (including phenoxy) is 2. The molecule has 8 heteroatoms.